The van der Waals surface area contributed by atoms with Crippen molar-refractivity contribution in [1.29, 1.82) is 0 Å². The first kappa shape index (κ1) is 19.9. The third-order valence-corrected chi connectivity index (χ3v) is 6.27. The van der Waals surface area contributed by atoms with Crippen LogP contribution in [0, 0.1) is 5.92 Å². The molecule has 0 bridgehead atoms. The van der Waals surface area contributed by atoms with E-state index in [4.69, 9.17) is 0 Å². The van der Waals surface area contributed by atoms with Crippen molar-refractivity contribution in [3.05, 3.63) is 24.3 Å². The van der Waals surface area contributed by atoms with Crippen molar-refractivity contribution in [2.75, 3.05) is 25.0 Å². The van der Waals surface area contributed by atoms with Crippen LogP contribution in [-0.4, -0.2) is 44.9 Å². The van der Waals surface area contributed by atoms with Crippen LogP contribution in [0.25, 0.3) is 0 Å². The number of likely N-dealkylation sites (tertiary alicyclic amines) is 1. The van der Waals surface area contributed by atoms with Crippen LogP contribution in [0.2, 0.25) is 0 Å². The quantitative estimate of drug-likeness (QED) is 0.776. The molecule has 0 saturated carbocycles. The smallest absolute Gasteiger partial charge is 0.240 e. The maximum atomic E-state index is 12.2. The molecule has 25 heavy (non-hydrogen) atoms. The van der Waals surface area contributed by atoms with E-state index >= 15 is 0 Å². The molecule has 1 aliphatic heterocycles. The number of rotatable bonds is 7. The van der Waals surface area contributed by atoms with Crippen LogP contribution in [0.1, 0.15) is 40.0 Å². The third-order valence-electron chi connectivity index (χ3n) is 4.66. The van der Waals surface area contributed by atoms with E-state index in [1.807, 2.05) is 13.8 Å². The molecule has 0 aliphatic carbocycles. The first-order valence-corrected chi connectivity index (χ1v) is 10.4. The fourth-order valence-electron chi connectivity index (χ4n) is 2.76. The van der Waals surface area contributed by atoms with Gasteiger partial charge in [0.1, 0.15) is 0 Å². The van der Waals surface area contributed by atoms with E-state index in [1.54, 1.807) is 12.1 Å². The molecule has 1 atom stereocenters. The fraction of sp³-hybridized carbons (Fsp3) is 0.611. The Morgan fingerprint density at radius 3 is 2.40 bits per heavy atom. The second kappa shape index (κ2) is 8.78. The SMILES string of the molecule is CC[C@H](C)NS(=O)(=O)c1ccc(NC(=O)CN2CCC(C)CC2)cc1. The van der Waals surface area contributed by atoms with Crippen molar-refractivity contribution in [1.82, 2.24) is 9.62 Å². The molecule has 1 aliphatic rings. The van der Waals surface area contributed by atoms with Gasteiger partial charge < -0.3 is 5.32 Å². The van der Waals surface area contributed by atoms with Crippen molar-refractivity contribution in [2.45, 2.75) is 51.0 Å². The topological polar surface area (TPSA) is 78.5 Å². The summed E-state index contributed by atoms with van der Waals surface area (Å²) in [6.45, 7) is 8.27. The van der Waals surface area contributed by atoms with Crippen molar-refractivity contribution in [3.63, 3.8) is 0 Å². The second-order valence-electron chi connectivity index (χ2n) is 6.96. The van der Waals surface area contributed by atoms with Gasteiger partial charge in [0.05, 0.1) is 11.4 Å². The number of piperidine rings is 1. The number of hydrogen-bond acceptors (Lipinski definition) is 4. The number of anilines is 1. The Bertz CT molecular complexity index is 665. The zero-order valence-corrected chi connectivity index (χ0v) is 16.1. The molecule has 0 aromatic heterocycles. The van der Waals surface area contributed by atoms with Gasteiger partial charge in [0.15, 0.2) is 0 Å². The number of sulfonamides is 1. The minimum atomic E-state index is -3.52. The number of carbonyl (C=O) groups is 1. The number of nitrogens with one attached hydrogen (secondary N) is 2. The van der Waals surface area contributed by atoms with Crippen LogP contribution in [0.3, 0.4) is 0 Å². The lowest BCUT2D eigenvalue weighted by molar-refractivity contribution is -0.117. The number of nitrogens with zero attached hydrogens (tertiary/aromatic N) is 1. The summed E-state index contributed by atoms with van der Waals surface area (Å²) in [7, 11) is -3.52. The number of carbonyl (C=O) groups excluding carboxylic acids is 1. The lowest BCUT2D eigenvalue weighted by Gasteiger charge is -2.29. The van der Waals surface area contributed by atoms with E-state index in [0.29, 0.717) is 12.2 Å². The van der Waals surface area contributed by atoms with E-state index in [-0.39, 0.29) is 16.8 Å². The van der Waals surface area contributed by atoms with Gasteiger partial charge >= 0.3 is 0 Å². The number of hydrogen-bond donors (Lipinski definition) is 2. The van der Waals surface area contributed by atoms with Crippen LogP contribution in [0.5, 0.6) is 0 Å². The Morgan fingerprint density at radius 1 is 1.24 bits per heavy atom. The van der Waals surface area contributed by atoms with E-state index in [9.17, 15) is 13.2 Å². The summed E-state index contributed by atoms with van der Waals surface area (Å²) < 4.78 is 27.1. The highest BCUT2D eigenvalue weighted by Gasteiger charge is 2.19. The highest BCUT2D eigenvalue weighted by Crippen LogP contribution is 2.17. The fourth-order valence-corrected chi connectivity index (χ4v) is 4.08. The Balaban J connectivity index is 1.90. The van der Waals surface area contributed by atoms with E-state index in [2.05, 4.69) is 21.9 Å². The van der Waals surface area contributed by atoms with E-state index < -0.39 is 10.0 Å². The van der Waals surface area contributed by atoms with Crippen LogP contribution in [0.4, 0.5) is 5.69 Å². The van der Waals surface area contributed by atoms with Crippen LogP contribution >= 0.6 is 0 Å². The molecule has 1 aromatic rings. The first-order valence-electron chi connectivity index (χ1n) is 8.94. The molecule has 0 radical (unpaired) electrons. The van der Waals surface area contributed by atoms with Crippen molar-refractivity contribution in [3.8, 4) is 0 Å². The minimum absolute atomic E-state index is 0.0668. The Kier molecular flexibility index (Phi) is 6.98. The lowest BCUT2D eigenvalue weighted by Crippen LogP contribution is -2.38. The molecule has 140 valence electrons. The molecule has 1 saturated heterocycles. The van der Waals surface area contributed by atoms with Gasteiger partial charge in [-0.05, 0) is 69.5 Å². The summed E-state index contributed by atoms with van der Waals surface area (Å²) in [5.74, 6) is 0.667. The minimum Gasteiger partial charge on any atom is -0.325 e. The Morgan fingerprint density at radius 2 is 1.84 bits per heavy atom. The van der Waals surface area contributed by atoms with Gasteiger partial charge in [-0.15, -0.1) is 0 Å². The number of benzene rings is 1. The molecule has 1 heterocycles. The van der Waals surface area contributed by atoms with Gasteiger partial charge in [0.25, 0.3) is 0 Å². The molecule has 1 amide bonds. The first-order chi connectivity index (χ1) is 11.8. The zero-order valence-electron chi connectivity index (χ0n) is 15.3. The largest absolute Gasteiger partial charge is 0.325 e. The van der Waals surface area contributed by atoms with Crippen LogP contribution in [-0.2, 0) is 14.8 Å². The monoisotopic (exact) mass is 367 g/mol. The van der Waals surface area contributed by atoms with Gasteiger partial charge in [0.2, 0.25) is 15.9 Å². The molecule has 6 nitrogen and oxygen atoms in total. The van der Waals surface area contributed by atoms with Crippen LogP contribution in [0.15, 0.2) is 29.2 Å². The molecule has 7 heteroatoms. The number of amides is 1. The summed E-state index contributed by atoms with van der Waals surface area (Å²) in [6, 6.07) is 6.17. The molecule has 2 rings (SSSR count). The predicted molar refractivity (Wildman–Crippen MR) is 100.0 cm³/mol. The van der Waals surface area contributed by atoms with Crippen molar-refractivity contribution in [2.24, 2.45) is 5.92 Å². The van der Waals surface area contributed by atoms with Gasteiger partial charge in [-0.3, -0.25) is 9.69 Å². The average Bonchev–Trinajstić information content (AvgIpc) is 2.57. The predicted octanol–water partition coefficient (Wildman–Crippen LogP) is 2.43. The molecular weight excluding hydrogens is 338 g/mol. The summed E-state index contributed by atoms with van der Waals surface area (Å²) >= 11 is 0. The molecule has 0 unspecified atom stereocenters. The Hall–Kier alpha value is -1.44. The van der Waals surface area contributed by atoms with Crippen molar-refractivity contribution >= 4 is 21.6 Å². The highest BCUT2D eigenvalue weighted by atomic mass is 32.2. The lowest BCUT2D eigenvalue weighted by atomic mass is 9.99. The van der Waals surface area contributed by atoms with E-state index in [1.165, 1.54) is 12.1 Å². The molecule has 2 N–H and O–H groups in total. The van der Waals surface area contributed by atoms with E-state index in [0.717, 1.165) is 38.3 Å². The molecule has 0 spiro atoms. The maximum absolute atomic E-state index is 12.2. The van der Waals surface area contributed by atoms with Gasteiger partial charge in [-0.25, -0.2) is 13.1 Å². The summed E-state index contributed by atoms with van der Waals surface area (Å²) in [5, 5.41) is 2.84. The molecule has 1 fully saturated rings. The average molecular weight is 368 g/mol. The van der Waals surface area contributed by atoms with Crippen molar-refractivity contribution < 1.29 is 13.2 Å². The summed E-state index contributed by atoms with van der Waals surface area (Å²) in [4.78, 5) is 14.5. The summed E-state index contributed by atoms with van der Waals surface area (Å²) in [6.07, 6.45) is 2.98. The molecule has 1 aromatic carbocycles. The van der Waals surface area contributed by atoms with Gasteiger partial charge in [-0.1, -0.05) is 13.8 Å². The Labute approximate surface area is 151 Å². The van der Waals surface area contributed by atoms with Gasteiger partial charge in [0, 0.05) is 11.7 Å². The third kappa shape index (κ3) is 6.09. The normalized spacial score (nSPS) is 18.0. The van der Waals surface area contributed by atoms with Gasteiger partial charge in [-0.2, -0.15) is 0 Å². The van der Waals surface area contributed by atoms with Crippen LogP contribution < -0.4 is 10.0 Å². The molecular formula is C18H29N3O3S. The zero-order chi connectivity index (χ0) is 18.4. The maximum Gasteiger partial charge on any atom is 0.240 e. The summed E-state index contributed by atoms with van der Waals surface area (Å²) in [5.41, 5.74) is 0.609. The highest BCUT2D eigenvalue weighted by molar-refractivity contribution is 7.89. The second-order valence-corrected chi connectivity index (χ2v) is 8.68. The standard InChI is InChI=1S/C18H29N3O3S/c1-4-15(3)20-25(23,24)17-7-5-16(6-8-17)19-18(22)13-21-11-9-14(2)10-12-21/h5-8,14-15,20H,4,9-13H2,1-3H3,(H,19,22)/t15-/m0/s1.